The number of hydrogen-bond donors (Lipinski definition) is 1. The summed E-state index contributed by atoms with van der Waals surface area (Å²) in [4.78, 5) is 13.6. The molecule has 0 unspecified atom stereocenters. The van der Waals surface area contributed by atoms with Crippen LogP contribution in [0.2, 0.25) is 0 Å². The smallest absolute Gasteiger partial charge is 0.194 e. The van der Waals surface area contributed by atoms with Gasteiger partial charge in [0.05, 0.1) is 4.90 Å². The van der Waals surface area contributed by atoms with Gasteiger partial charge in [0, 0.05) is 52.2 Å². The lowest BCUT2D eigenvalue weighted by Crippen LogP contribution is -2.52. The molecule has 0 bridgehead atoms. The van der Waals surface area contributed by atoms with Crippen molar-refractivity contribution in [2.24, 2.45) is 4.99 Å². The number of sulfone groups is 1. The van der Waals surface area contributed by atoms with E-state index in [4.69, 9.17) is 0 Å². The number of aliphatic imine (C=N–C) groups is 1. The molecule has 7 nitrogen and oxygen atoms in total. The minimum atomic E-state index is -3.16. The molecular weight excluding hydrogens is 362 g/mol. The average Bonchev–Trinajstić information content (AvgIpc) is 2.69. The first-order valence-electron chi connectivity index (χ1n) is 8.88. The number of guanidine groups is 1. The zero-order valence-corrected chi connectivity index (χ0v) is 16.5. The van der Waals surface area contributed by atoms with Gasteiger partial charge in [0.2, 0.25) is 0 Å². The summed E-state index contributed by atoms with van der Waals surface area (Å²) in [5.74, 6) is 1.86. The molecule has 1 aliphatic heterocycles. The minimum absolute atomic E-state index is 0.335. The molecule has 0 atom stereocenters. The summed E-state index contributed by atoms with van der Waals surface area (Å²) in [5, 5.41) is 3.36. The van der Waals surface area contributed by atoms with Crippen LogP contribution in [0.5, 0.6) is 0 Å². The van der Waals surface area contributed by atoms with Crippen LogP contribution in [0.3, 0.4) is 0 Å². The van der Waals surface area contributed by atoms with Gasteiger partial charge in [0.25, 0.3) is 0 Å². The zero-order valence-electron chi connectivity index (χ0n) is 15.7. The number of pyridine rings is 1. The van der Waals surface area contributed by atoms with E-state index in [-0.39, 0.29) is 0 Å². The number of anilines is 1. The number of rotatable bonds is 4. The van der Waals surface area contributed by atoms with Crippen molar-refractivity contribution in [3.8, 4) is 0 Å². The highest BCUT2D eigenvalue weighted by Gasteiger charge is 2.20. The second kappa shape index (κ2) is 8.39. The summed E-state index contributed by atoms with van der Waals surface area (Å²) in [6.45, 7) is 4.10. The topological polar surface area (TPSA) is 77.9 Å². The molecule has 27 heavy (non-hydrogen) atoms. The van der Waals surface area contributed by atoms with Crippen LogP contribution >= 0.6 is 0 Å². The van der Waals surface area contributed by atoms with E-state index in [9.17, 15) is 8.42 Å². The van der Waals surface area contributed by atoms with E-state index < -0.39 is 9.84 Å². The van der Waals surface area contributed by atoms with Crippen LogP contribution in [0.4, 0.5) is 5.82 Å². The van der Waals surface area contributed by atoms with Crippen LogP contribution in [0.25, 0.3) is 0 Å². The Hall–Kier alpha value is -2.61. The molecule has 1 aliphatic rings. The molecule has 3 rings (SSSR count). The molecule has 0 spiro atoms. The van der Waals surface area contributed by atoms with Crippen molar-refractivity contribution in [2.45, 2.75) is 11.4 Å². The second-order valence-electron chi connectivity index (χ2n) is 6.48. The number of nitrogens with one attached hydrogen (secondary N) is 1. The van der Waals surface area contributed by atoms with Crippen LogP contribution < -0.4 is 10.2 Å². The van der Waals surface area contributed by atoms with Crippen molar-refractivity contribution < 1.29 is 8.42 Å². The van der Waals surface area contributed by atoms with E-state index in [2.05, 4.69) is 25.1 Å². The number of nitrogens with zero attached hydrogens (tertiary/aromatic N) is 4. The molecule has 1 aromatic carbocycles. The van der Waals surface area contributed by atoms with Crippen LogP contribution in [0, 0.1) is 0 Å². The van der Waals surface area contributed by atoms with Crippen molar-refractivity contribution in [1.29, 1.82) is 0 Å². The predicted octanol–water partition coefficient (Wildman–Crippen LogP) is 1.38. The monoisotopic (exact) mass is 387 g/mol. The molecular formula is C19H25N5O2S. The lowest BCUT2D eigenvalue weighted by molar-refractivity contribution is 0.371. The summed E-state index contributed by atoms with van der Waals surface area (Å²) < 4.78 is 23.1. The van der Waals surface area contributed by atoms with Crippen LogP contribution in [0.15, 0.2) is 58.5 Å². The number of aromatic nitrogens is 1. The third-order valence-corrected chi connectivity index (χ3v) is 5.69. The van der Waals surface area contributed by atoms with Crippen molar-refractivity contribution in [3.63, 3.8) is 0 Å². The molecule has 2 aromatic rings. The van der Waals surface area contributed by atoms with Gasteiger partial charge < -0.3 is 15.1 Å². The van der Waals surface area contributed by atoms with Crippen molar-refractivity contribution in [1.82, 2.24) is 15.2 Å². The minimum Gasteiger partial charge on any atom is -0.353 e. The van der Waals surface area contributed by atoms with E-state index in [1.165, 1.54) is 6.26 Å². The summed E-state index contributed by atoms with van der Waals surface area (Å²) in [7, 11) is -1.38. The van der Waals surface area contributed by atoms with E-state index in [0.29, 0.717) is 11.4 Å². The molecule has 1 saturated heterocycles. The fraction of sp³-hybridized carbons (Fsp3) is 0.368. The van der Waals surface area contributed by atoms with Gasteiger partial charge in [-0.3, -0.25) is 4.99 Å². The van der Waals surface area contributed by atoms with Crippen LogP contribution in [0.1, 0.15) is 5.56 Å². The van der Waals surface area contributed by atoms with E-state index in [1.807, 2.05) is 36.5 Å². The molecule has 144 valence electrons. The lowest BCUT2D eigenvalue weighted by atomic mass is 10.2. The normalized spacial score (nSPS) is 15.7. The third kappa shape index (κ3) is 4.97. The average molecular weight is 388 g/mol. The molecule has 1 fully saturated rings. The van der Waals surface area contributed by atoms with Gasteiger partial charge >= 0.3 is 0 Å². The summed E-state index contributed by atoms with van der Waals surface area (Å²) in [6, 6.07) is 12.9. The maximum absolute atomic E-state index is 11.5. The van der Waals surface area contributed by atoms with Crippen LogP contribution in [-0.4, -0.2) is 63.7 Å². The van der Waals surface area contributed by atoms with Crippen molar-refractivity contribution >= 4 is 21.6 Å². The van der Waals surface area contributed by atoms with Gasteiger partial charge in [-0.25, -0.2) is 13.4 Å². The summed E-state index contributed by atoms with van der Waals surface area (Å²) in [5.41, 5.74) is 1.01. The number of benzene rings is 1. The van der Waals surface area contributed by atoms with Gasteiger partial charge in [0.15, 0.2) is 15.8 Å². The highest BCUT2D eigenvalue weighted by molar-refractivity contribution is 7.90. The van der Waals surface area contributed by atoms with E-state index in [1.54, 1.807) is 19.2 Å². The van der Waals surface area contributed by atoms with Gasteiger partial charge in [-0.15, -0.1) is 0 Å². The molecule has 1 aromatic heterocycles. The molecule has 0 amide bonds. The Balaban J connectivity index is 1.54. The molecule has 0 saturated carbocycles. The largest absolute Gasteiger partial charge is 0.353 e. The number of hydrogen-bond acceptors (Lipinski definition) is 5. The first-order chi connectivity index (χ1) is 13.0. The summed E-state index contributed by atoms with van der Waals surface area (Å²) >= 11 is 0. The first kappa shape index (κ1) is 19.2. The molecule has 8 heteroatoms. The fourth-order valence-corrected chi connectivity index (χ4v) is 3.69. The molecule has 2 heterocycles. The molecule has 0 radical (unpaired) electrons. The Bertz CT molecular complexity index is 874. The molecule has 1 N–H and O–H groups in total. The Morgan fingerprint density at radius 1 is 1.11 bits per heavy atom. The highest BCUT2D eigenvalue weighted by atomic mass is 32.2. The van der Waals surface area contributed by atoms with Gasteiger partial charge in [-0.2, -0.15) is 0 Å². The Labute approximate surface area is 160 Å². The molecule has 0 aliphatic carbocycles. The highest BCUT2D eigenvalue weighted by Crippen LogP contribution is 2.13. The maximum atomic E-state index is 11.5. The predicted molar refractivity (Wildman–Crippen MR) is 108 cm³/mol. The fourth-order valence-electron chi connectivity index (χ4n) is 3.06. The van der Waals surface area contributed by atoms with Crippen LogP contribution in [-0.2, 0) is 16.4 Å². The number of piperazine rings is 1. The quantitative estimate of drug-likeness (QED) is 0.631. The van der Waals surface area contributed by atoms with Gasteiger partial charge in [-0.1, -0.05) is 18.2 Å². The standard InChI is InChI=1S/C19H25N5O2S/c1-20-19(22-15-16-6-8-17(9-7-16)27(2,25)26)24-13-11-23(12-14-24)18-5-3-4-10-21-18/h3-10H,11-15H2,1-2H3,(H,20,22). The van der Waals surface area contributed by atoms with E-state index >= 15 is 0 Å². The van der Waals surface area contributed by atoms with Gasteiger partial charge in [-0.05, 0) is 29.8 Å². The van der Waals surface area contributed by atoms with E-state index in [0.717, 1.165) is 43.5 Å². The first-order valence-corrected chi connectivity index (χ1v) is 10.8. The lowest BCUT2D eigenvalue weighted by Gasteiger charge is -2.37. The van der Waals surface area contributed by atoms with Crippen molar-refractivity contribution in [2.75, 3.05) is 44.4 Å². The zero-order chi connectivity index (χ0) is 19.3. The Morgan fingerprint density at radius 2 is 1.81 bits per heavy atom. The third-order valence-electron chi connectivity index (χ3n) is 4.57. The maximum Gasteiger partial charge on any atom is 0.194 e. The van der Waals surface area contributed by atoms with Crippen molar-refractivity contribution in [3.05, 3.63) is 54.2 Å². The second-order valence-corrected chi connectivity index (χ2v) is 8.49. The van der Waals surface area contributed by atoms with Gasteiger partial charge in [0.1, 0.15) is 5.82 Å². The summed E-state index contributed by atoms with van der Waals surface area (Å²) in [6.07, 6.45) is 3.03. The Morgan fingerprint density at radius 3 is 2.37 bits per heavy atom. The SMILES string of the molecule is CN=C(NCc1ccc(S(C)(=O)=O)cc1)N1CCN(c2ccccn2)CC1. The Kier molecular flexibility index (Phi) is 5.95.